The van der Waals surface area contributed by atoms with Crippen LogP contribution < -0.4 is 40.0 Å². The summed E-state index contributed by atoms with van der Waals surface area (Å²) < 4.78 is 10.0. The van der Waals surface area contributed by atoms with Gasteiger partial charge in [-0.2, -0.15) is 0 Å². The van der Waals surface area contributed by atoms with Crippen molar-refractivity contribution in [3.63, 3.8) is 0 Å². The summed E-state index contributed by atoms with van der Waals surface area (Å²) >= 11 is 5.79. The Morgan fingerprint density at radius 1 is 1.15 bits per heavy atom. The van der Waals surface area contributed by atoms with Crippen molar-refractivity contribution in [3.8, 4) is 0 Å². The van der Waals surface area contributed by atoms with Crippen LogP contribution in [0, 0.1) is 5.92 Å². The van der Waals surface area contributed by atoms with E-state index in [0.717, 1.165) is 0 Å². The van der Waals surface area contributed by atoms with Gasteiger partial charge in [0.05, 0.1) is 5.92 Å². The van der Waals surface area contributed by atoms with Gasteiger partial charge in [-0.15, -0.1) is 0 Å². The van der Waals surface area contributed by atoms with Crippen molar-refractivity contribution in [1.29, 1.82) is 0 Å². The molecule has 1 rings (SSSR count). The molecule has 0 aliphatic heterocycles. The number of carbonyl (C=O) groups excluding carboxylic acids is 3. The Kier molecular flexibility index (Phi) is 12.4. The fourth-order valence-corrected chi connectivity index (χ4v) is 2.18. The number of nitrogens with one attached hydrogen (secondary N) is 1. The van der Waals surface area contributed by atoms with Crippen LogP contribution in [0.15, 0.2) is 24.3 Å². The van der Waals surface area contributed by atoms with Crippen LogP contribution in [0.4, 0.5) is 4.79 Å². The molecule has 9 heteroatoms. The van der Waals surface area contributed by atoms with Gasteiger partial charge in [-0.25, -0.2) is 4.79 Å². The summed E-state index contributed by atoms with van der Waals surface area (Å²) in [5.74, 6) is -2.95. The minimum atomic E-state index is -1.25. The van der Waals surface area contributed by atoms with E-state index in [0.29, 0.717) is 17.0 Å². The van der Waals surface area contributed by atoms with E-state index in [1.807, 2.05) is 0 Å². The molecule has 0 bridgehead atoms. The number of carboxylic acid groups (broad SMARTS) is 1. The number of halogens is 1. The van der Waals surface area contributed by atoms with E-state index in [4.69, 9.17) is 21.1 Å². The monoisotopic (exact) mass is 407 g/mol. The van der Waals surface area contributed by atoms with Gasteiger partial charge in [-0.05, 0) is 24.1 Å². The van der Waals surface area contributed by atoms with Gasteiger partial charge < -0.3 is 24.7 Å². The predicted molar refractivity (Wildman–Crippen MR) is 93.3 cm³/mol. The molecule has 0 spiro atoms. The summed E-state index contributed by atoms with van der Waals surface area (Å²) in [5, 5.41) is 14.3. The van der Waals surface area contributed by atoms with Crippen molar-refractivity contribution in [1.82, 2.24) is 5.32 Å². The van der Waals surface area contributed by atoms with Crippen LogP contribution in [0.3, 0.4) is 0 Å². The smallest absolute Gasteiger partial charge is 0.549 e. The molecule has 1 amide bonds. The van der Waals surface area contributed by atoms with Gasteiger partial charge in [0.2, 0.25) is 6.29 Å². The normalized spacial score (nSPS) is 12.5. The van der Waals surface area contributed by atoms with Crippen molar-refractivity contribution >= 4 is 29.6 Å². The molecular weight excluding hydrogens is 385 g/mol. The quantitative estimate of drug-likeness (QED) is 0.327. The summed E-state index contributed by atoms with van der Waals surface area (Å²) in [7, 11) is 0. The molecule has 1 aromatic carbocycles. The van der Waals surface area contributed by atoms with Gasteiger partial charge in [0.1, 0.15) is 0 Å². The second-order valence-electron chi connectivity index (χ2n) is 5.97. The average Bonchev–Trinajstić information content (AvgIpc) is 2.58. The van der Waals surface area contributed by atoms with E-state index in [1.54, 1.807) is 45.0 Å². The number of ether oxygens (including phenoxy) is 2. The van der Waals surface area contributed by atoms with Crippen molar-refractivity contribution < 1.29 is 58.5 Å². The SMILES string of the molecule is CCC(OC(=O)NCCC(C(=O)[O-])c1ccc(Cl)cc1)OC(=O)C(C)C.[Na+]. The number of esters is 1. The van der Waals surface area contributed by atoms with E-state index in [2.05, 4.69) is 5.32 Å². The molecule has 144 valence electrons. The maximum atomic E-state index is 11.8. The largest absolute Gasteiger partial charge is 1.00 e. The third kappa shape index (κ3) is 9.46. The van der Waals surface area contributed by atoms with Crippen LogP contribution >= 0.6 is 11.6 Å². The zero-order valence-electron chi connectivity index (χ0n) is 16.0. The molecule has 0 aliphatic carbocycles. The molecule has 0 saturated carbocycles. The van der Waals surface area contributed by atoms with Gasteiger partial charge in [-0.1, -0.05) is 44.5 Å². The molecule has 7 nitrogen and oxygen atoms in total. The number of rotatable bonds is 9. The predicted octanol–water partition coefficient (Wildman–Crippen LogP) is -0.771. The molecule has 1 N–H and O–H groups in total. The van der Waals surface area contributed by atoms with Crippen LogP contribution in [0.5, 0.6) is 0 Å². The molecule has 1 aromatic rings. The fourth-order valence-electron chi connectivity index (χ4n) is 2.05. The summed E-state index contributed by atoms with van der Waals surface area (Å²) in [6, 6.07) is 6.37. The van der Waals surface area contributed by atoms with E-state index in [-0.39, 0.29) is 48.4 Å². The third-order valence-corrected chi connectivity index (χ3v) is 3.80. The number of hydrogen-bond acceptors (Lipinski definition) is 6. The number of aliphatic carboxylic acids is 1. The molecule has 0 saturated heterocycles. The second-order valence-corrected chi connectivity index (χ2v) is 6.41. The zero-order chi connectivity index (χ0) is 19.7. The number of alkyl carbamates (subject to hydrolysis) is 1. The van der Waals surface area contributed by atoms with Gasteiger partial charge in [0.15, 0.2) is 0 Å². The van der Waals surface area contributed by atoms with Crippen molar-refractivity contribution in [2.24, 2.45) is 5.92 Å². The third-order valence-electron chi connectivity index (χ3n) is 3.55. The molecular formula is C18H23ClNNaO6. The topological polar surface area (TPSA) is 105 Å². The Morgan fingerprint density at radius 2 is 1.74 bits per heavy atom. The van der Waals surface area contributed by atoms with Gasteiger partial charge in [0, 0.05) is 29.9 Å². The molecule has 0 radical (unpaired) electrons. The van der Waals surface area contributed by atoms with Crippen molar-refractivity contribution in [2.75, 3.05) is 6.54 Å². The molecule has 0 aromatic heterocycles. The summed E-state index contributed by atoms with van der Waals surface area (Å²) in [6.07, 6.45) is -1.36. The Labute approximate surface area is 186 Å². The molecule has 0 fully saturated rings. The van der Waals surface area contributed by atoms with Gasteiger partial charge in [-0.3, -0.25) is 4.79 Å². The Bertz CT molecular complexity index is 623. The number of hydrogen-bond donors (Lipinski definition) is 1. The first-order chi connectivity index (χ1) is 12.2. The van der Waals surface area contributed by atoms with Gasteiger partial charge >= 0.3 is 41.6 Å². The van der Waals surface area contributed by atoms with E-state index < -0.39 is 30.2 Å². The number of carboxylic acids is 1. The van der Waals surface area contributed by atoms with Crippen LogP contribution in [-0.2, 0) is 19.1 Å². The maximum Gasteiger partial charge on any atom is 1.00 e. The van der Waals surface area contributed by atoms with Crippen LogP contribution in [0.2, 0.25) is 5.02 Å². The number of benzene rings is 1. The fraction of sp³-hybridized carbons (Fsp3) is 0.500. The van der Waals surface area contributed by atoms with E-state index in [9.17, 15) is 19.5 Å². The molecule has 0 heterocycles. The van der Waals surface area contributed by atoms with Crippen LogP contribution in [0.25, 0.3) is 0 Å². The Balaban J connectivity index is 0.00000676. The van der Waals surface area contributed by atoms with Gasteiger partial charge in [0.25, 0.3) is 0 Å². The van der Waals surface area contributed by atoms with Crippen LogP contribution in [-0.4, -0.2) is 30.9 Å². The van der Waals surface area contributed by atoms with Crippen molar-refractivity contribution in [2.45, 2.75) is 45.8 Å². The van der Waals surface area contributed by atoms with Crippen LogP contribution in [0.1, 0.15) is 45.1 Å². The molecule has 2 atom stereocenters. The molecule has 2 unspecified atom stereocenters. The number of amides is 1. The summed E-state index contributed by atoms with van der Waals surface area (Å²) in [4.78, 5) is 34.7. The first-order valence-electron chi connectivity index (χ1n) is 8.35. The maximum absolute atomic E-state index is 11.8. The first kappa shape index (κ1) is 25.7. The summed E-state index contributed by atoms with van der Waals surface area (Å²) in [6.45, 7) is 5.10. The minimum absolute atomic E-state index is 0. The van der Waals surface area contributed by atoms with E-state index in [1.165, 1.54) is 0 Å². The Hall–Kier alpha value is -1.28. The molecule has 0 aliphatic rings. The number of carbonyl (C=O) groups is 3. The standard InChI is InChI=1S/C18H24ClNO6.Na/c1-4-15(25-17(23)11(2)3)26-18(24)20-10-9-14(16(21)22)12-5-7-13(19)8-6-12;/h5-8,11,14-15H,4,9-10H2,1-3H3,(H,20,24)(H,21,22);/q;+1/p-1. The average molecular weight is 408 g/mol. The second kappa shape index (κ2) is 13.0. The first-order valence-corrected chi connectivity index (χ1v) is 8.73. The summed E-state index contributed by atoms with van der Waals surface area (Å²) in [5.41, 5.74) is 0.530. The van der Waals surface area contributed by atoms with Crippen molar-refractivity contribution in [3.05, 3.63) is 34.9 Å². The minimum Gasteiger partial charge on any atom is -0.549 e. The Morgan fingerprint density at radius 3 is 2.22 bits per heavy atom. The molecule has 27 heavy (non-hydrogen) atoms. The van der Waals surface area contributed by atoms with E-state index >= 15 is 0 Å². The zero-order valence-corrected chi connectivity index (χ0v) is 18.7.